The van der Waals surface area contributed by atoms with E-state index in [1.54, 1.807) is 6.07 Å². The Labute approximate surface area is 198 Å². The number of hydrogen-bond donors (Lipinski definition) is 4. The third-order valence-electron chi connectivity index (χ3n) is 6.69. The molecule has 1 aliphatic carbocycles. The standard InChI is InChI=1S/C25H30N6O3/c26-23(32)19-12-20(16-5-7-18(8-6-16)34-14-25(33)9-1-2-10-25)31-22-21(19)28-15-29-24(22)30-17-4-3-11-27-13-17/h5-8,12,15,17,27,33H,1-4,9-11,13-14H2,(H2,26,32)(H,28,29,30)/t17-/m0/s1. The molecule has 3 heterocycles. The van der Waals surface area contributed by atoms with Crippen LogP contribution in [0, 0.1) is 0 Å². The number of pyridine rings is 1. The molecule has 9 nitrogen and oxygen atoms in total. The molecule has 0 radical (unpaired) electrons. The first kappa shape index (κ1) is 22.5. The van der Waals surface area contributed by atoms with Gasteiger partial charge in [-0.05, 0) is 62.6 Å². The Kier molecular flexibility index (Phi) is 6.30. The number of piperidine rings is 1. The number of carbonyl (C=O) groups is 1. The monoisotopic (exact) mass is 462 g/mol. The van der Waals surface area contributed by atoms with Crippen LogP contribution in [0.4, 0.5) is 5.82 Å². The Morgan fingerprint density at radius 1 is 1.18 bits per heavy atom. The van der Waals surface area contributed by atoms with Crippen molar-refractivity contribution in [3.63, 3.8) is 0 Å². The smallest absolute Gasteiger partial charge is 0.251 e. The van der Waals surface area contributed by atoms with E-state index < -0.39 is 11.5 Å². The fourth-order valence-electron chi connectivity index (χ4n) is 4.77. The molecule has 5 rings (SSSR count). The van der Waals surface area contributed by atoms with Crippen LogP contribution in [0.2, 0.25) is 0 Å². The summed E-state index contributed by atoms with van der Waals surface area (Å²) < 4.78 is 5.84. The number of amides is 1. The number of aromatic nitrogens is 3. The van der Waals surface area contributed by atoms with Gasteiger partial charge in [0.05, 0.1) is 16.9 Å². The minimum atomic E-state index is -0.730. The molecule has 0 bridgehead atoms. The number of benzene rings is 1. The number of nitrogens with two attached hydrogens (primary N) is 1. The van der Waals surface area contributed by atoms with Gasteiger partial charge in [0, 0.05) is 18.2 Å². The van der Waals surface area contributed by atoms with Gasteiger partial charge in [-0.3, -0.25) is 4.79 Å². The number of anilines is 1. The second-order valence-corrected chi connectivity index (χ2v) is 9.27. The van der Waals surface area contributed by atoms with E-state index in [2.05, 4.69) is 20.6 Å². The zero-order valence-corrected chi connectivity index (χ0v) is 19.1. The van der Waals surface area contributed by atoms with E-state index in [0.29, 0.717) is 33.9 Å². The van der Waals surface area contributed by atoms with Crippen LogP contribution >= 0.6 is 0 Å². The van der Waals surface area contributed by atoms with E-state index in [1.165, 1.54) is 6.33 Å². The van der Waals surface area contributed by atoms with E-state index in [1.807, 2.05) is 24.3 Å². The highest BCUT2D eigenvalue weighted by molar-refractivity contribution is 6.06. The van der Waals surface area contributed by atoms with Crippen LogP contribution in [0.3, 0.4) is 0 Å². The summed E-state index contributed by atoms with van der Waals surface area (Å²) in [5.41, 5.74) is 7.63. The molecule has 178 valence electrons. The number of carbonyl (C=O) groups excluding carboxylic acids is 1. The van der Waals surface area contributed by atoms with Crippen molar-refractivity contribution in [3.05, 3.63) is 42.2 Å². The van der Waals surface area contributed by atoms with Gasteiger partial charge in [-0.25, -0.2) is 15.0 Å². The number of aliphatic hydroxyl groups is 1. The SMILES string of the molecule is NC(=O)c1cc(-c2ccc(OCC3(O)CCCC3)cc2)nc2c(N[C@H]3CCCNC3)ncnc12. The Morgan fingerprint density at radius 2 is 1.97 bits per heavy atom. The van der Waals surface area contributed by atoms with Gasteiger partial charge in [0.15, 0.2) is 5.82 Å². The highest BCUT2D eigenvalue weighted by atomic mass is 16.5. The minimum Gasteiger partial charge on any atom is -0.491 e. The molecular weight excluding hydrogens is 432 g/mol. The summed E-state index contributed by atoms with van der Waals surface area (Å²) in [7, 11) is 0. The second-order valence-electron chi connectivity index (χ2n) is 9.27. The molecule has 1 saturated carbocycles. The summed E-state index contributed by atoms with van der Waals surface area (Å²) in [5.74, 6) is 0.700. The highest BCUT2D eigenvalue weighted by Gasteiger charge is 2.31. The lowest BCUT2D eigenvalue weighted by Gasteiger charge is -2.24. The molecule has 2 fully saturated rings. The number of primary amides is 1. The fourth-order valence-corrected chi connectivity index (χ4v) is 4.77. The van der Waals surface area contributed by atoms with E-state index in [4.69, 9.17) is 15.5 Å². The van der Waals surface area contributed by atoms with Gasteiger partial charge >= 0.3 is 0 Å². The predicted octanol–water partition coefficient (Wildman–Crippen LogP) is 2.64. The molecule has 5 N–H and O–H groups in total. The van der Waals surface area contributed by atoms with Gasteiger partial charge in [0.25, 0.3) is 5.91 Å². The minimum absolute atomic E-state index is 0.223. The maximum atomic E-state index is 12.3. The van der Waals surface area contributed by atoms with Crippen molar-refractivity contribution in [1.82, 2.24) is 20.3 Å². The molecule has 1 saturated heterocycles. The molecule has 1 aromatic carbocycles. The Hall–Kier alpha value is -3.30. The summed E-state index contributed by atoms with van der Waals surface area (Å²) in [6.07, 6.45) is 7.15. The summed E-state index contributed by atoms with van der Waals surface area (Å²) >= 11 is 0. The molecular formula is C25H30N6O3. The van der Waals surface area contributed by atoms with E-state index in [9.17, 15) is 9.90 Å². The molecule has 3 aromatic rings. The molecule has 1 aliphatic heterocycles. The van der Waals surface area contributed by atoms with Crippen molar-refractivity contribution < 1.29 is 14.6 Å². The Morgan fingerprint density at radius 3 is 2.68 bits per heavy atom. The summed E-state index contributed by atoms with van der Waals surface area (Å²) in [6, 6.07) is 9.35. The lowest BCUT2D eigenvalue weighted by atomic mass is 10.0. The zero-order chi connectivity index (χ0) is 23.5. The van der Waals surface area contributed by atoms with E-state index >= 15 is 0 Å². The quantitative estimate of drug-likeness (QED) is 0.421. The summed E-state index contributed by atoms with van der Waals surface area (Å²) in [5, 5.41) is 17.3. The Balaban J connectivity index is 1.44. The highest BCUT2D eigenvalue weighted by Crippen LogP contribution is 2.31. The van der Waals surface area contributed by atoms with Gasteiger partial charge in [-0.2, -0.15) is 0 Å². The first-order chi connectivity index (χ1) is 16.5. The van der Waals surface area contributed by atoms with E-state index in [0.717, 1.165) is 57.2 Å². The van der Waals surface area contributed by atoms with Crippen LogP contribution in [0.1, 0.15) is 48.9 Å². The number of fused-ring (bicyclic) bond motifs is 1. The van der Waals surface area contributed by atoms with Crippen LogP contribution < -0.4 is 21.1 Å². The first-order valence-electron chi connectivity index (χ1n) is 11.9. The van der Waals surface area contributed by atoms with Crippen LogP contribution in [-0.4, -0.2) is 57.3 Å². The zero-order valence-electron chi connectivity index (χ0n) is 19.1. The summed E-state index contributed by atoms with van der Waals surface area (Å²) in [4.78, 5) is 25.8. The molecule has 2 aromatic heterocycles. The molecule has 34 heavy (non-hydrogen) atoms. The van der Waals surface area contributed by atoms with Crippen molar-refractivity contribution in [2.45, 2.75) is 50.2 Å². The van der Waals surface area contributed by atoms with E-state index in [-0.39, 0.29) is 12.6 Å². The normalized spacial score (nSPS) is 19.7. The number of rotatable bonds is 7. The first-order valence-corrected chi connectivity index (χ1v) is 11.9. The van der Waals surface area contributed by atoms with Crippen molar-refractivity contribution >= 4 is 22.8 Å². The molecule has 0 unspecified atom stereocenters. The third-order valence-corrected chi connectivity index (χ3v) is 6.69. The number of ether oxygens (including phenoxy) is 1. The van der Waals surface area contributed by atoms with Crippen molar-refractivity contribution in [2.24, 2.45) is 5.73 Å². The maximum absolute atomic E-state index is 12.3. The molecule has 9 heteroatoms. The second kappa shape index (κ2) is 9.52. The van der Waals surface area contributed by atoms with Gasteiger partial charge in [-0.15, -0.1) is 0 Å². The Bertz CT molecular complexity index is 1170. The lowest BCUT2D eigenvalue weighted by molar-refractivity contribution is 0.00141. The summed E-state index contributed by atoms with van der Waals surface area (Å²) in [6.45, 7) is 2.13. The number of nitrogens with one attached hydrogen (secondary N) is 2. The van der Waals surface area contributed by atoms with Crippen LogP contribution in [0.25, 0.3) is 22.3 Å². The third kappa shape index (κ3) is 4.80. The van der Waals surface area contributed by atoms with Crippen molar-refractivity contribution in [3.8, 4) is 17.0 Å². The topological polar surface area (TPSA) is 135 Å². The van der Waals surface area contributed by atoms with Crippen LogP contribution in [-0.2, 0) is 0 Å². The number of hydrogen-bond acceptors (Lipinski definition) is 8. The van der Waals surface area contributed by atoms with Gasteiger partial charge in [0.2, 0.25) is 0 Å². The number of nitrogens with zero attached hydrogens (tertiary/aromatic N) is 3. The lowest BCUT2D eigenvalue weighted by Crippen LogP contribution is -2.38. The predicted molar refractivity (Wildman–Crippen MR) is 130 cm³/mol. The molecule has 1 amide bonds. The van der Waals surface area contributed by atoms with Gasteiger partial charge < -0.3 is 26.2 Å². The average molecular weight is 463 g/mol. The van der Waals surface area contributed by atoms with Crippen LogP contribution in [0.15, 0.2) is 36.7 Å². The molecule has 2 aliphatic rings. The largest absolute Gasteiger partial charge is 0.491 e. The molecule has 1 atom stereocenters. The van der Waals surface area contributed by atoms with Crippen molar-refractivity contribution in [1.29, 1.82) is 0 Å². The molecule has 0 spiro atoms. The maximum Gasteiger partial charge on any atom is 0.251 e. The van der Waals surface area contributed by atoms with Crippen LogP contribution in [0.5, 0.6) is 5.75 Å². The fraction of sp³-hybridized carbons (Fsp3) is 0.440. The average Bonchev–Trinajstić information content (AvgIpc) is 3.30. The van der Waals surface area contributed by atoms with Gasteiger partial charge in [-0.1, -0.05) is 12.8 Å². The van der Waals surface area contributed by atoms with Crippen molar-refractivity contribution in [2.75, 3.05) is 25.0 Å². The van der Waals surface area contributed by atoms with Gasteiger partial charge in [0.1, 0.15) is 29.7 Å².